The van der Waals surface area contributed by atoms with Crippen molar-refractivity contribution in [3.63, 3.8) is 0 Å². The number of carbonyl (C=O) groups excluding carboxylic acids is 1. The predicted octanol–water partition coefficient (Wildman–Crippen LogP) is 2.69. The number of rotatable bonds is 5. The third-order valence-corrected chi connectivity index (χ3v) is 3.95. The number of pyridine rings is 1. The standard InChI is InChI=1S/C17H12BrN3O5/c18-11-3-1-9(2-4-11)12-6-14(26-21-12)10-5-13(22)16(19-7-10)17(25)20-8-15(23)24/h1-7,22H,8H2,(H,20,25)(H,23,24). The van der Waals surface area contributed by atoms with Gasteiger partial charge >= 0.3 is 5.97 Å². The molecule has 3 aromatic rings. The zero-order valence-electron chi connectivity index (χ0n) is 13.1. The lowest BCUT2D eigenvalue weighted by molar-refractivity contribution is -0.135. The van der Waals surface area contributed by atoms with Crippen LogP contribution in [0.3, 0.4) is 0 Å². The Morgan fingerprint density at radius 3 is 2.54 bits per heavy atom. The largest absolute Gasteiger partial charge is 0.505 e. The van der Waals surface area contributed by atoms with E-state index in [1.807, 2.05) is 24.3 Å². The van der Waals surface area contributed by atoms with Crippen LogP contribution in [-0.4, -0.2) is 38.8 Å². The molecule has 0 atom stereocenters. The fourth-order valence-corrected chi connectivity index (χ4v) is 2.43. The molecule has 0 radical (unpaired) electrons. The van der Waals surface area contributed by atoms with Gasteiger partial charge in [-0.25, -0.2) is 4.98 Å². The number of aliphatic carboxylic acids is 1. The van der Waals surface area contributed by atoms with Crippen LogP contribution in [0.15, 0.2) is 51.6 Å². The number of halogens is 1. The second-order valence-corrected chi connectivity index (χ2v) is 6.17. The van der Waals surface area contributed by atoms with E-state index in [2.05, 4.69) is 31.4 Å². The summed E-state index contributed by atoms with van der Waals surface area (Å²) in [5.74, 6) is -2.02. The smallest absolute Gasteiger partial charge is 0.322 e. The monoisotopic (exact) mass is 417 g/mol. The summed E-state index contributed by atoms with van der Waals surface area (Å²) in [7, 11) is 0. The van der Waals surface area contributed by atoms with Crippen molar-refractivity contribution in [2.24, 2.45) is 0 Å². The fraction of sp³-hybridized carbons (Fsp3) is 0.0588. The molecule has 132 valence electrons. The van der Waals surface area contributed by atoms with Crippen LogP contribution in [0, 0.1) is 0 Å². The summed E-state index contributed by atoms with van der Waals surface area (Å²) < 4.78 is 6.22. The van der Waals surface area contributed by atoms with Crippen molar-refractivity contribution >= 4 is 27.8 Å². The lowest BCUT2D eigenvalue weighted by Gasteiger charge is -2.05. The maximum Gasteiger partial charge on any atom is 0.322 e. The summed E-state index contributed by atoms with van der Waals surface area (Å²) in [6, 6.07) is 10.5. The van der Waals surface area contributed by atoms with Crippen molar-refractivity contribution in [3.8, 4) is 28.3 Å². The van der Waals surface area contributed by atoms with Gasteiger partial charge in [0.05, 0.1) is 0 Å². The molecule has 0 saturated heterocycles. The number of aromatic nitrogens is 2. The fourth-order valence-electron chi connectivity index (χ4n) is 2.17. The second-order valence-electron chi connectivity index (χ2n) is 5.25. The molecule has 0 aliphatic rings. The second kappa shape index (κ2) is 7.36. The molecular weight excluding hydrogens is 406 g/mol. The lowest BCUT2D eigenvalue weighted by atomic mass is 10.1. The van der Waals surface area contributed by atoms with E-state index in [4.69, 9.17) is 9.63 Å². The first-order valence-electron chi connectivity index (χ1n) is 7.36. The van der Waals surface area contributed by atoms with Gasteiger partial charge in [-0.15, -0.1) is 0 Å². The molecule has 8 nitrogen and oxygen atoms in total. The molecule has 0 bridgehead atoms. The molecule has 26 heavy (non-hydrogen) atoms. The first-order valence-corrected chi connectivity index (χ1v) is 8.15. The van der Waals surface area contributed by atoms with Crippen LogP contribution in [0.2, 0.25) is 0 Å². The Morgan fingerprint density at radius 1 is 1.15 bits per heavy atom. The molecule has 3 N–H and O–H groups in total. The summed E-state index contributed by atoms with van der Waals surface area (Å²) in [5, 5.41) is 24.7. The molecule has 0 unspecified atom stereocenters. The van der Waals surface area contributed by atoms with Crippen LogP contribution in [0.4, 0.5) is 0 Å². The number of carbonyl (C=O) groups is 2. The molecule has 0 aliphatic carbocycles. The van der Waals surface area contributed by atoms with E-state index in [9.17, 15) is 14.7 Å². The zero-order chi connectivity index (χ0) is 18.7. The van der Waals surface area contributed by atoms with E-state index >= 15 is 0 Å². The van der Waals surface area contributed by atoms with Gasteiger partial charge in [0.25, 0.3) is 5.91 Å². The Morgan fingerprint density at radius 2 is 1.88 bits per heavy atom. The van der Waals surface area contributed by atoms with Gasteiger partial charge in [0.15, 0.2) is 11.5 Å². The topological polar surface area (TPSA) is 126 Å². The molecule has 1 amide bonds. The SMILES string of the molecule is O=C(O)CNC(=O)c1ncc(-c2cc(-c3ccc(Br)cc3)no2)cc1O. The van der Waals surface area contributed by atoms with Gasteiger partial charge in [-0.2, -0.15) is 0 Å². The minimum absolute atomic E-state index is 0.275. The maximum absolute atomic E-state index is 11.8. The Kier molecular flexibility index (Phi) is 4.99. The van der Waals surface area contributed by atoms with Gasteiger partial charge in [-0.05, 0) is 18.2 Å². The highest BCUT2D eigenvalue weighted by Gasteiger charge is 2.16. The summed E-state index contributed by atoms with van der Waals surface area (Å²) >= 11 is 3.36. The number of hydrogen-bond donors (Lipinski definition) is 3. The molecule has 3 rings (SSSR count). The van der Waals surface area contributed by atoms with Crippen molar-refractivity contribution in [2.45, 2.75) is 0 Å². The number of nitrogens with zero attached hydrogens (tertiary/aromatic N) is 2. The Labute approximate surface area is 155 Å². The summed E-state index contributed by atoms with van der Waals surface area (Å²) in [6.07, 6.45) is 1.33. The third-order valence-electron chi connectivity index (χ3n) is 3.42. The third kappa shape index (κ3) is 3.89. The van der Waals surface area contributed by atoms with Gasteiger partial charge in [-0.3, -0.25) is 9.59 Å². The highest BCUT2D eigenvalue weighted by molar-refractivity contribution is 9.10. The molecule has 0 fully saturated rings. The minimum Gasteiger partial charge on any atom is -0.505 e. The van der Waals surface area contributed by atoms with Gasteiger partial charge in [0, 0.05) is 27.9 Å². The van der Waals surface area contributed by atoms with Crippen LogP contribution in [0.5, 0.6) is 5.75 Å². The molecule has 0 spiro atoms. The van der Waals surface area contributed by atoms with E-state index in [0.717, 1.165) is 10.0 Å². The molecule has 2 heterocycles. The first kappa shape index (κ1) is 17.6. The first-order chi connectivity index (χ1) is 12.4. The summed E-state index contributed by atoms with van der Waals surface area (Å²) in [5.41, 5.74) is 1.61. The molecule has 2 aromatic heterocycles. The highest BCUT2D eigenvalue weighted by Crippen LogP contribution is 2.29. The lowest BCUT2D eigenvalue weighted by Crippen LogP contribution is -2.29. The van der Waals surface area contributed by atoms with E-state index in [0.29, 0.717) is 17.0 Å². The van der Waals surface area contributed by atoms with Gasteiger partial charge in [0.2, 0.25) is 0 Å². The molecule has 9 heteroatoms. The number of amides is 1. The van der Waals surface area contributed by atoms with E-state index < -0.39 is 24.2 Å². The predicted molar refractivity (Wildman–Crippen MR) is 94.5 cm³/mol. The van der Waals surface area contributed by atoms with Crippen molar-refractivity contribution < 1.29 is 24.3 Å². The number of benzene rings is 1. The Balaban J connectivity index is 1.82. The van der Waals surface area contributed by atoms with Crippen LogP contribution in [0.25, 0.3) is 22.6 Å². The maximum atomic E-state index is 11.8. The number of nitrogens with one attached hydrogen (secondary N) is 1. The average Bonchev–Trinajstić information content (AvgIpc) is 3.10. The van der Waals surface area contributed by atoms with E-state index in [-0.39, 0.29) is 5.69 Å². The van der Waals surface area contributed by atoms with Crippen LogP contribution in [-0.2, 0) is 4.79 Å². The van der Waals surface area contributed by atoms with Crippen LogP contribution >= 0.6 is 15.9 Å². The van der Waals surface area contributed by atoms with E-state index in [1.165, 1.54) is 12.3 Å². The molecular formula is C17H12BrN3O5. The molecule has 0 saturated carbocycles. The van der Waals surface area contributed by atoms with Crippen LogP contribution in [0.1, 0.15) is 10.5 Å². The number of aromatic hydroxyl groups is 1. The van der Waals surface area contributed by atoms with Crippen LogP contribution < -0.4 is 5.32 Å². The summed E-state index contributed by atoms with van der Waals surface area (Å²) in [6.45, 7) is -0.569. The number of hydrogen-bond acceptors (Lipinski definition) is 6. The molecule has 1 aromatic carbocycles. The summed E-state index contributed by atoms with van der Waals surface area (Å²) in [4.78, 5) is 26.2. The zero-order valence-corrected chi connectivity index (χ0v) is 14.7. The quantitative estimate of drug-likeness (QED) is 0.582. The van der Waals surface area contributed by atoms with E-state index in [1.54, 1.807) is 6.07 Å². The van der Waals surface area contributed by atoms with Gasteiger partial charge < -0.3 is 20.1 Å². The number of carboxylic acids is 1. The van der Waals surface area contributed by atoms with Crippen molar-refractivity contribution in [3.05, 3.63) is 52.8 Å². The minimum atomic E-state index is -1.20. The highest BCUT2D eigenvalue weighted by atomic mass is 79.9. The van der Waals surface area contributed by atoms with Gasteiger partial charge in [-0.1, -0.05) is 33.2 Å². The Hall–Kier alpha value is -3.20. The van der Waals surface area contributed by atoms with Crippen molar-refractivity contribution in [1.29, 1.82) is 0 Å². The number of carboxylic acid groups (broad SMARTS) is 1. The van der Waals surface area contributed by atoms with Gasteiger partial charge in [0.1, 0.15) is 18.0 Å². The van der Waals surface area contributed by atoms with Crippen molar-refractivity contribution in [2.75, 3.05) is 6.54 Å². The Bertz CT molecular complexity index is 969. The van der Waals surface area contributed by atoms with Crippen molar-refractivity contribution in [1.82, 2.24) is 15.5 Å². The molecule has 0 aliphatic heterocycles. The average molecular weight is 418 g/mol. The normalized spacial score (nSPS) is 10.5.